The van der Waals surface area contributed by atoms with Gasteiger partial charge in [0.2, 0.25) is 0 Å². The Bertz CT molecular complexity index is 412. The largest absolute Gasteiger partial charge is 0.399 e. The summed E-state index contributed by atoms with van der Waals surface area (Å²) in [7, 11) is 0. The van der Waals surface area contributed by atoms with Crippen LogP contribution in [-0.4, -0.2) is 18.0 Å². The van der Waals surface area contributed by atoms with E-state index < -0.39 is 0 Å². The molecule has 0 radical (unpaired) electrons. The minimum Gasteiger partial charge on any atom is -0.399 e. The Hall–Kier alpha value is -1.02. The van der Waals surface area contributed by atoms with Crippen molar-refractivity contribution in [3.8, 4) is 0 Å². The van der Waals surface area contributed by atoms with E-state index in [0.29, 0.717) is 6.04 Å². The lowest BCUT2D eigenvalue weighted by molar-refractivity contribution is 0.0616. The van der Waals surface area contributed by atoms with Crippen LogP contribution in [0.3, 0.4) is 0 Å². The van der Waals surface area contributed by atoms with E-state index in [4.69, 9.17) is 5.73 Å². The van der Waals surface area contributed by atoms with Gasteiger partial charge in [0.25, 0.3) is 0 Å². The molecule has 3 unspecified atom stereocenters. The second-order valence-electron chi connectivity index (χ2n) is 6.43. The van der Waals surface area contributed by atoms with Crippen molar-refractivity contribution in [1.82, 2.24) is 4.90 Å². The highest BCUT2D eigenvalue weighted by Gasteiger charge is 2.32. The Kier molecular flexibility index (Phi) is 3.79. The fourth-order valence-corrected chi connectivity index (χ4v) is 3.97. The molecule has 3 rings (SSSR count). The molecular weight excluding hydrogens is 232 g/mol. The van der Waals surface area contributed by atoms with Gasteiger partial charge < -0.3 is 5.73 Å². The van der Waals surface area contributed by atoms with Gasteiger partial charge in [-0.2, -0.15) is 0 Å². The first-order valence-corrected chi connectivity index (χ1v) is 7.83. The molecule has 19 heavy (non-hydrogen) atoms. The van der Waals surface area contributed by atoms with Gasteiger partial charge in [-0.3, -0.25) is 4.90 Å². The smallest absolute Gasteiger partial charge is 0.0320 e. The highest BCUT2D eigenvalue weighted by Crippen LogP contribution is 2.38. The monoisotopic (exact) mass is 258 g/mol. The van der Waals surface area contributed by atoms with Crippen LogP contribution in [0.2, 0.25) is 0 Å². The summed E-state index contributed by atoms with van der Waals surface area (Å²) in [6.07, 6.45) is 7.26. The molecule has 2 heteroatoms. The number of nitrogen functional groups attached to an aromatic ring is 1. The fraction of sp³-hybridized carbons (Fsp3) is 0.647. The zero-order chi connectivity index (χ0) is 13.2. The normalized spacial score (nSPS) is 29.7. The zero-order valence-corrected chi connectivity index (χ0v) is 12.0. The van der Waals surface area contributed by atoms with E-state index in [1.807, 2.05) is 12.1 Å². The fourth-order valence-electron chi connectivity index (χ4n) is 3.97. The maximum Gasteiger partial charge on any atom is 0.0320 e. The van der Waals surface area contributed by atoms with Gasteiger partial charge in [0.15, 0.2) is 0 Å². The summed E-state index contributed by atoms with van der Waals surface area (Å²) in [6.45, 7) is 4.91. The van der Waals surface area contributed by atoms with Crippen LogP contribution >= 0.6 is 0 Å². The van der Waals surface area contributed by atoms with Crippen LogP contribution in [0, 0.1) is 11.8 Å². The Labute approximate surface area is 117 Å². The average Bonchev–Trinajstić information content (AvgIpc) is 2.47. The number of benzene rings is 1. The Morgan fingerprint density at radius 2 is 1.74 bits per heavy atom. The van der Waals surface area contributed by atoms with Crippen LogP contribution in [-0.2, 0) is 0 Å². The SMILES string of the molecule is CC(c1ccc(N)cc1)N1CCC2CCCCC2C1. The molecule has 1 heterocycles. The van der Waals surface area contributed by atoms with Crippen molar-refractivity contribution >= 4 is 5.69 Å². The molecule has 1 saturated heterocycles. The molecule has 2 nitrogen and oxygen atoms in total. The molecule has 1 saturated carbocycles. The number of fused-ring (bicyclic) bond motifs is 1. The molecule has 0 aromatic heterocycles. The lowest BCUT2D eigenvalue weighted by Crippen LogP contribution is -2.42. The predicted molar refractivity (Wildman–Crippen MR) is 80.9 cm³/mol. The zero-order valence-electron chi connectivity index (χ0n) is 12.0. The van der Waals surface area contributed by atoms with Crippen LogP contribution in [0.4, 0.5) is 5.69 Å². The van der Waals surface area contributed by atoms with Gasteiger partial charge in [-0.15, -0.1) is 0 Å². The summed E-state index contributed by atoms with van der Waals surface area (Å²) in [6, 6.07) is 8.96. The summed E-state index contributed by atoms with van der Waals surface area (Å²) < 4.78 is 0. The first-order valence-electron chi connectivity index (χ1n) is 7.83. The highest BCUT2D eigenvalue weighted by atomic mass is 15.2. The van der Waals surface area contributed by atoms with E-state index in [0.717, 1.165) is 17.5 Å². The van der Waals surface area contributed by atoms with Gasteiger partial charge in [-0.1, -0.05) is 31.4 Å². The van der Waals surface area contributed by atoms with Gasteiger partial charge in [0, 0.05) is 18.3 Å². The molecular formula is C17H26N2. The van der Waals surface area contributed by atoms with Crippen molar-refractivity contribution in [3.63, 3.8) is 0 Å². The third-order valence-electron chi connectivity index (χ3n) is 5.29. The molecule has 2 aliphatic rings. The predicted octanol–water partition coefficient (Wildman–Crippen LogP) is 3.84. The Morgan fingerprint density at radius 3 is 2.47 bits per heavy atom. The molecule has 3 atom stereocenters. The third-order valence-corrected chi connectivity index (χ3v) is 5.29. The van der Waals surface area contributed by atoms with Crippen LogP contribution in [0.15, 0.2) is 24.3 Å². The molecule has 104 valence electrons. The van der Waals surface area contributed by atoms with Crippen LogP contribution < -0.4 is 5.73 Å². The molecule has 0 amide bonds. The summed E-state index contributed by atoms with van der Waals surface area (Å²) in [5.74, 6) is 1.97. The van der Waals surface area contributed by atoms with Crippen LogP contribution in [0.5, 0.6) is 0 Å². The van der Waals surface area contributed by atoms with E-state index >= 15 is 0 Å². The first-order chi connectivity index (χ1) is 9.24. The number of likely N-dealkylation sites (tertiary alicyclic amines) is 1. The molecule has 1 aliphatic heterocycles. The molecule has 2 fully saturated rings. The molecule has 2 N–H and O–H groups in total. The Balaban J connectivity index is 1.67. The second-order valence-corrected chi connectivity index (χ2v) is 6.43. The Morgan fingerprint density at radius 1 is 1.05 bits per heavy atom. The van der Waals surface area contributed by atoms with Gasteiger partial charge in [-0.05, 0) is 55.8 Å². The van der Waals surface area contributed by atoms with Gasteiger partial charge >= 0.3 is 0 Å². The van der Waals surface area contributed by atoms with E-state index in [2.05, 4.69) is 24.0 Å². The summed E-state index contributed by atoms with van der Waals surface area (Å²) in [5, 5.41) is 0. The van der Waals surface area contributed by atoms with E-state index in [9.17, 15) is 0 Å². The standard InChI is InChI=1S/C17H26N2/c1-13(14-6-8-17(18)9-7-14)19-11-10-15-4-2-3-5-16(15)12-19/h6-9,13,15-16H,2-5,10-12,18H2,1H3. The van der Waals surface area contributed by atoms with E-state index in [1.165, 1.54) is 50.8 Å². The quantitative estimate of drug-likeness (QED) is 0.817. The van der Waals surface area contributed by atoms with Crippen molar-refractivity contribution in [2.45, 2.75) is 45.1 Å². The molecule has 0 bridgehead atoms. The average molecular weight is 258 g/mol. The van der Waals surface area contributed by atoms with Crippen LogP contribution in [0.1, 0.15) is 50.6 Å². The van der Waals surface area contributed by atoms with Crippen molar-refractivity contribution in [1.29, 1.82) is 0 Å². The molecule has 1 aromatic rings. The number of anilines is 1. The first kappa shape index (κ1) is 13.0. The van der Waals surface area contributed by atoms with Gasteiger partial charge in [0.1, 0.15) is 0 Å². The van der Waals surface area contributed by atoms with Crippen LogP contribution in [0.25, 0.3) is 0 Å². The van der Waals surface area contributed by atoms with Gasteiger partial charge in [0.05, 0.1) is 0 Å². The topological polar surface area (TPSA) is 29.3 Å². The van der Waals surface area contributed by atoms with Gasteiger partial charge in [-0.25, -0.2) is 0 Å². The van der Waals surface area contributed by atoms with Crippen molar-refractivity contribution < 1.29 is 0 Å². The number of hydrogen-bond donors (Lipinski definition) is 1. The molecule has 0 spiro atoms. The lowest BCUT2D eigenvalue weighted by Gasteiger charge is -2.43. The maximum absolute atomic E-state index is 5.78. The summed E-state index contributed by atoms with van der Waals surface area (Å²) >= 11 is 0. The second kappa shape index (κ2) is 5.54. The number of hydrogen-bond acceptors (Lipinski definition) is 2. The highest BCUT2D eigenvalue weighted by molar-refractivity contribution is 5.40. The van der Waals surface area contributed by atoms with E-state index in [1.54, 1.807) is 0 Å². The maximum atomic E-state index is 5.78. The van der Waals surface area contributed by atoms with Crippen molar-refractivity contribution in [3.05, 3.63) is 29.8 Å². The number of nitrogens with two attached hydrogens (primary N) is 1. The number of nitrogens with zero attached hydrogens (tertiary/aromatic N) is 1. The number of rotatable bonds is 2. The van der Waals surface area contributed by atoms with Crippen molar-refractivity contribution in [2.24, 2.45) is 11.8 Å². The summed E-state index contributed by atoms with van der Waals surface area (Å²) in [5.41, 5.74) is 8.05. The van der Waals surface area contributed by atoms with Crippen molar-refractivity contribution in [2.75, 3.05) is 18.8 Å². The third kappa shape index (κ3) is 2.79. The molecule has 1 aliphatic carbocycles. The minimum absolute atomic E-state index is 0.531. The minimum atomic E-state index is 0.531. The molecule has 1 aromatic carbocycles. The number of piperidine rings is 1. The summed E-state index contributed by atoms with van der Waals surface area (Å²) in [4.78, 5) is 2.68. The lowest BCUT2D eigenvalue weighted by atomic mass is 9.75. The van der Waals surface area contributed by atoms with E-state index in [-0.39, 0.29) is 0 Å².